The second-order valence-electron chi connectivity index (χ2n) is 8.29. The lowest BCUT2D eigenvalue weighted by Crippen LogP contribution is -2.44. The predicted molar refractivity (Wildman–Crippen MR) is 103 cm³/mol. The predicted octanol–water partition coefficient (Wildman–Crippen LogP) is 6.29. The van der Waals surface area contributed by atoms with Gasteiger partial charge in [0.05, 0.1) is 0 Å². The highest BCUT2D eigenvalue weighted by atomic mass is 16.2. The van der Waals surface area contributed by atoms with Gasteiger partial charge in [0.2, 0.25) is 5.91 Å². The van der Waals surface area contributed by atoms with Gasteiger partial charge in [-0.05, 0) is 24.7 Å². The molecule has 0 aromatic carbocycles. The topological polar surface area (TPSA) is 20.3 Å². The van der Waals surface area contributed by atoms with E-state index in [0.29, 0.717) is 17.7 Å². The Morgan fingerprint density at radius 3 is 1.48 bits per heavy atom. The van der Waals surface area contributed by atoms with Gasteiger partial charge in [-0.15, -0.1) is 0 Å². The molecule has 0 bridgehead atoms. The third-order valence-corrected chi connectivity index (χ3v) is 4.97. The molecule has 1 amide bonds. The fourth-order valence-corrected chi connectivity index (χ4v) is 3.17. The first-order valence-corrected chi connectivity index (χ1v) is 10.1. The molecular formula is C21H43NO. The van der Waals surface area contributed by atoms with E-state index in [4.69, 9.17) is 0 Å². The molecule has 2 atom stereocenters. The Kier molecular flexibility index (Phi) is 11.6. The Balaban J connectivity index is 4.95. The Hall–Kier alpha value is -0.530. The van der Waals surface area contributed by atoms with Crippen LogP contribution in [0.4, 0.5) is 0 Å². The third kappa shape index (κ3) is 9.37. The van der Waals surface area contributed by atoms with Gasteiger partial charge in [0.15, 0.2) is 0 Å². The molecule has 0 N–H and O–H groups in total. The maximum Gasteiger partial charge on any atom is 0.227 e. The van der Waals surface area contributed by atoms with Crippen molar-refractivity contribution in [2.75, 3.05) is 13.1 Å². The molecule has 138 valence electrons. The van der Waals surface area contributed by atoms with Crippen molar-refractivity contribution in [1.82, 2.24) is 4.90 Å². The highest BCUT2D eigenvalue weighted by Crippen LogP contribution is 2.24. The van der Waals surface area contributed by atoms with E-state index in [1.165, 1.54) is 51.4 Å². The van der Waals surface area contributed by atoms with Crippen LogP contribution in [0.15, 0.2) is 0 Å². The number of unbranched alkanes of at least 4 members (excludes halogenated alkanes) is 2. The van der Waals surface area contributed by atoms with Crippen LogP contribution in [0.5, 0.6) is 0 Å². The molecule has 0 aliphatic carbocycles. The minimum atomic E-state index is -0.272. The summed E-state index contributed by atoms with van der Waals surface area (Å²) in [4.78, 5) is 15.1. The number of nitrogens with zero attached hydrogens (tertiary/aromatic N) is 1. The summed E-state index contributed by atoms with van der Waals surface area (Å²) in [5.41, 5.74) is -0.272. The second-order valence-corrected chi connectivity index (χ2v) is 8.29. The highest BCUT2D eigenvalue weighted by Gasteiger charge is 2.29. The standard InChI is InChI=1S/C21H43NO/c1-8-12-14-18(10-3)16-22(20(23)21(5,6)7)17-19(11-4)15-13-9-2/h18-19H,8-17H2,1-7H3. The van der Waals surface area contributed by atoms with E-state index in [9.17, 15) is 4.79 Å². The molecule has 0 aliphatic rings. The molecule has 0 aromatic rings. The molecule has 0 fully saturated rings. The molecule has 0 aromatic heterocycles. The van der Waals surface area contributed by atoms with Crippen molar-refractivity contribution in [2.24, 2.45) is 17.3 Å². The zero-order valence-corrected chi connectivity index (χ0v) is 17.1. The van der Waals surface area contributed by atoms with Crippen LogP contribution >= 0.6 is 0 Å². The molecular weight excluding hydrogens is 282 g/mol. The Morgan fingerprint density at radius 1 is 0.826 bits per heavy atom. The van der Waals surface area contributed by atoms with Crippen molar-refractivity contribution in [3.63, 3.8) is 0 Å². The van der Waals surface area contributed by atoms with Crippen LogP contribution in [0.2, 0.25) is 0 Å². The van der Waals surface area contributed by atoms with Gasteiger partial charge < -0.3 is 4.90 Å². The first-order valence-electron chi connectivity index (χ1n) is 10.1. The van der Waals surface area contributed by atoms with Gasteiger partial charge in [-0.2, -0.15) is 0 Å². The van der Waals surface area contributed by atoms with Crippen molar-refractivity contribution < 1.29 is 4.79 Å². The zero-order chi connectivity index (χ0) is 17.9. The van der Waals surface area contributed by atoms with Crippen LogP contribution in [0.3, 0.4) is 0 Å². The van der Waals surface area contributed by atoms with E-state index in [-0.39, 0.29) is 5.41 Å². The number of hydrogen-bond acceptors (Lipinski definition) is 1. The van der Waals surface area contributed by atoms with Crippen molar-refractivity contribution in [2.45, 2.75) is 99.8 Å². The summed E-state index contributed by atoms with van der Waals surface area (Å²) >= 11 is 0. The summed E-state index contributed by atoms with van der Waals surface area (Å²) in [5, 5.41) is 0. The molecule has 0 saturated heterocycles. The van der Waals surface area contributed by atoms with Crippen molar-refractivity contribution in [1.29, 1.82) is 0 Å². The fourth-order valence-electron chi connectivity index (χ4n) is 3.17. The number of hydrogen-bond donors (Lipinski definition) is 0. The van der Waals surface area contributed by atoms with Crippen LogP contribution in [0.1, 0.15) is 99.8 Å². The zero-order valence-electron chi connectivity index (χ0n) is 17.1. The molecule has 2 heteroatoms. The van der Waals surface area contributed by atoms with Crippen LogP contribution < -0.4 is 0 Å². The second kappa shape index (κ2) is 11.9. The van der Waals surface area contributed by atoms with E-state index in [1.54, 1.807) is 0 Å². The van der Waals surface area contributed by atoms with Crippen LogP contribution in [-0.2, 0) is 4.79 Å². The van der Waals surface area contributed by atoms with E-state index < -0.39 is 0 Å². The van der Waals surface area contributed by atoms with Crippen LogP contribution in [0.25, 0.3) is 0 Å². The first kappa shape index (κ1) is 22.5. The number of carbonyl (C=O) groups excluding carboxylic acids is 1. The fraction of sp³-hybridized carbons (Fsp3) is 0.952. The van der Waals surface area contributed by atoms with E-state index in [0.717, 1.165) is 13.1 Å². The Morgan fingerprint density at radius 2 is 1.22 bits per heavy atom. The smallest absolute Gasteiger partial charge is 0.227 e. The van der Waals surface area contributed by atoms with Crippen molar-refractivity contribution in [3.05, 3.63) is 0 Å². The van der Waals surface area contributed by atoms with Gasteiger partial charge >= 0.3 is 0 Å². The molecule has 0 radical (unpaired) electrons. The van der Waals surface area contributed by atoms with Crippen LogP contribution in [-0.4, -0.2) is 23.9 Å². The van der Waals surface area contributed by atoms with E-state index in [2.05, 4.69) is 53.4 Å². The maximum absolute atomic E-state index is 12.9. The molecule has 23 heavy (non-hydrogen) atoms. The molecule has 2 nitrogen and oxygen atoms in total. The number of rotatable bonds is 12. The number of amides is 1. The average Bonchev–Trinajstić information content (AvgIpc) is 2.51. The normalized spacial score (nSPS) is 14.6. The van der Waals surface area contributed by atoms with Gasteiger partial charge in [-0.3, -0.25) is 4.79 Å². The van der Waals surface area contributed by atoms with Gasteiger partial charge in [-0.1, -0.05) is 87.0 Å². The summed E-state index contributed by atoms with van der Waals surface area (Å²) in [6, 6.07) is 0. The average molecular weight is 326 g/mol. The molecule has 0 heterocycles. The monoisotopic (exact) mass is 325 g/mol. The Labute approximate surface area is 146 Å². The minimum absolute atomic E-state index is 0.272. The van der Waals surface area contributed by atoms with Crippen molar-refractivity contribution in [3.8, 4) is 0 Å². The van der Waals surface area contributed by atoms with Gasteiger partial charge in [0.25, 0.3) is 0 Å². The van der Waals surface area contributed by atoms with Crippen molar-refractivity contribution >= 4 is 5.91 Å². The van der Waals surface area contributed by atoms with E-state index in [1.807, 2.05) is 0 Å². The van der Waals surface area contributed by atoms with Gasteiger partial charge in [0.1, 0.15) is 0 Å². The lowest BCUT2D eigenvalue weighted by molar-refractivity contribution is -0.141. The lowest BCUT2D eigenvalue weighted by atomic mass is 9.90. The summed E-state index contributed by atoms with van der Waals surface area (Å²) in [7, 11) is 0. The Bertz CT molecular complexity index is 287. The summed E-state index contributed by atoms with van der Waals surface area (Å²) in [6.07, 6.45) is 9.93. The highest BCUT2D eigenvalue weighted by molar-refractivity contribution is 5.81. The molecule has 0 saturated carbocycles. The van der Waals surface area contributed by atoms with Gasteiger partial charge in [0, 0.05) is 18.5 Å². The minimum Gasteiger partial charge on any atom is -0.342 e. The molecule has 2 unspecified atom stereocenters. The number of carbonyl (C=O) groups is 1. The summed E-state index contributed by atoms with van der Waals surface area (Å²) in [6.45, 7) is 17.1. The molecule has 0 spiro atoms. The quantitative estimate of drug-likeness (QED) is 0.412. The third-order valence-electron chi connectivity index (χ3n) is 4.97. The van der Waals surface area contributed by atoms with Gasteiger partial charge in [-0.25, -0.2) is 0 Å². The SMILES string of the molecule is CCCCC(CC)CN(CC(CC)CCCC)C(=O)C(C)(C)C. The van der Waals surface area contributed by atoms with Crippen LogP contribution in [0, 0.1) is 17.3 Å². The van der Waals surface area contributed by atoms with E-state index >= 15 is 0 Å². The maximum atomic E-state index is 12.9. The summed E-state index contributed by atoms with van der Waals surface area (Å²) in [5.74, 6) is 1.65. The first-order chi connectivity index (χ1) is 10.8. The molecule has 0 aliphatic heterocycles. The largest absolute Gasteiger partial charge is 0.342 e. The summed E-state index contributed by atoms with van der Waals surface area (Å²) < 4.78 is 0. The molecule has 0 rings (SSSR count). The lowest BCUT2D eigenvalue weighted by Gasteiger charge is -2.35.